The van der Waals surface area contributed by atoms with Crippen molar-refractivity contribution in [2.75, 3.05) is 38.1 Å². The molecule has 0 atom stereocenters. The summed E-state index contributed by atoms with van der Waals surface area (Å²) in [5.74, 6) is 0.338. The van der Waals surface area contributed by atoms with E-state index in [1.807, 2.05) is 18.2 Å². The van der Waals surface area contributed by atoms with Crippen molar-refractivity contribution in [2.45, 2.75) is 29.7 Å². The van der Waals surface area contributed by atoms with Gasteiger partial charge in [0.25, 0.3) is 0 Å². The summed E-state index contributed by atoms with van der Waals surface area (Å²) in [5, 5.41) is 8.26. The van der Waals surface area contributed by atoms with Gasteiger partial charge in [-0.25, -0.2) is 8.42 Å². The molecule has 1 fully saturated rings. The largest absolute Gasteiger partial charge is 0.367 e. The van der Waals surface area contributed by atoms with Gasteiger partial charge in [0.05, 0.1) is 10.6 Å². The molecule has 1 saturated heterocycles. The first-order chi connectivity index (χ1) is 13.8. The molecule has 6 nitrogen and oxygen atoms in total. The summed E-state index contributed by atoms with van der Waals surface area (Å²) >= 11 is 6.38. The number of sulfone groups is 1. The number of hydrogen-bond acceptors (Lipinski definition) is 5. The van der Waals surface area contributed by atoms with Gasteiger partial charge in [-0.05, 0) is 42.8 Å². The van der Waals surface area contributed by atoms with Crippen molar-refractivity contribution in [3.63, 3.8) is 0 Å². The third kappa shape index (κ3) is 3.74. The predicted octanol–water partition coefficient (Wildman–Crippen LogP) is 3.92. The van der Waals surface area contributed by atoms with Crippen LogP contribution in [0.3, 0.4) is 0 Å². The number of halogens is 1. The van der Waals surface area contributed by atoms with Crippen LogP contribution in [0.15, 0.2) is 46.3 Å². The average Bonchev–Trinajstić information content (AvgIpc) is 3.12. The van der Waals surface area contributed by atoms with E-state index in [0.29, 0.717) is 21.8 Å². The van der Waals surface area contributed by atoms with Gasteiger partial charge in [-0.15, -0.1) is 0 Å². The van der Waals surface area contributed by atoms with Crippen molar-refractivity contribution in [1.82, 2.24) is 15.1 Å². The lowest BCUT2D eigenvalue weighted by Crippen LogP contribution is -2.44. The topological polar surface area (TPSA) is 69.3 Å². The van der Waals surface area contributed by atoms with Crippen LogP contribution in [0.25, 0.3) is 10.9 Å². The van der Waals surface area contributed by atoms with Gasteiger partial charge >= 0.3 is 0 Å². The van der Waals surface area contributed by atoms with Crippen LogP contribution in [-0.4, -0.2) is 56.7 Å². The van der Waals surface area contributed by atoms with Crippen molar-refractivity contribution < 1.29 is 8.42 Å². The number of aromatic amines is 1. The maximum Gasteiger partial charge on any atom is 0.223 e. The molecule has 2 heterocycles. The molecule has 1 aromatic heterocycles. The molecule has 2 aromatic carbocycles. The van der Waals surface area contributed by atoms with Gasteiger partial charge in [0.15, 0.2) is 5.03 Å². The second-order valence-corrected chi connectivity index (χ2v) is 10.2. The molecule has 1 N–H and O–H groups in total. The first-order valence-electron chi connectivity index (χ1n) is 9.73. The lowest BCUT2D eigenvalue weighted by atomic mass is 10.0. The van der Waals surface area contributed by atoms with E-state index in [2.05, 4.69) is 40.9 Å². The van der Waals surface area contributed by atoms with Crippen LogP contribution in [0.2, 0.25) is 5.02 Å². The second-order valence-electron chi connectivity index (χ2n) is 7.89. The number of nitrogens with one attached hydrogen (secondary N) is 1. The molecule has 1 aliphatic rings. The number of aromatic nitrogens is 2. The van der Waals surface area contributed by atoms with Gasteiger partial charge in [-0.1, -0.05) is 37.6 Å². The molecule has 1 aliphatic heterocycles. The first kappa shape index (κ1) is 20.2. The van der Waals surface area contributed by atoms with E-state index >= 15 is 0 Å². The molecule has 0 bridgehead atoms. The van der Waals surface area contributed by atoms with Crippen LogP contribution >= 0.6 is 11.6 Å². The van der Waals surface area contributed by atoms with Crippen molar-refractivity contribution in [2.24, 2.45) is 0 Å². The Bertz CT molecular complexity index is 1130. The maximum absolute atomic E-state index is 13.3. The van der Waals surface area contributed by atoms with Gasteiger partial charge in [0.1, 0.15) is 5.52 Å². The van der Waals surface area contributed by atoms with Crippen LogP contribution in [0.5, 0.6) is 0 Å². The zero-order valence-electron chi connectivity index (χ0n) is 16.8. The van der Waals surface area contributed by atoms with Crippen LogP contribution in [-0.2, 0) is 9.84 Å². The monoisotopic (exact) mass is 432 g/mol. The molecule has 0 saturated carbocycles. The molecule has 0 amide bonds. The number of piperazine rings is 1. The molecule has 0 spiro atoms. The van der Waals surface area contributed by atoms with Crippen molar-refractivity contribution >= 4 is 38.0 Å². The quantitative estimate of drug-likeness (QED) is 0.676. The number of H-pyrrole nitrogens is 1. The number of benzene rings is 2. The van der Waals surface area contributed by atoms with Gasteiger partial charge in [0, 0.05) is 36.6 Å². The summed E-state index contributed by atoms with van der Waals surface area (Å²) in [4.78, 5) is 4.72. The Morgan fingerprint density at radius 1 is 1.07 bits per heavy atom. The Kier molecular flexibility index (Phi) is 5.31. The summed E-state index contributed by atoms with van der Waals surface area (Å²) in [7, 11) is -1.65. The molecule has 154 valence electrons. The van der Waals surface area contributed by atoms with Crippen LogP contribution < -0.4 is 4.90 Å². The highest BCUT2D eigenvalue weighted by molar-refractivity contribution is 7.91. The predicted molar refractivity (Wildman–Crippen MR) is 117 cm³/mol. The normalized spacial score (nSPS) is 16.1. The highest BCUT2D eigenvalue weighted by Crippen LogP contribution is 2.35. The molecule has 0 radical (unpaired) electrons. The minimum Gasteiger partial charge on any atom is -0.367 e. The molecule has 8 heteroatoms. The van der Waals surface area contributed by atoms with Gasteiger partial charge in [-0.2, -0.15) is 5.10 Å². The summed E-state index contributed by atoms with van der Waals surface area (Å²) < 4.78 is 26.6. The van der Waals surface area contributed by atoms with Crippen molar-refractivity contribution in [3.8, 4) is 0 Å². The van der Waals surface area contributed by atoms with E-state index in [1.165, 1.54) is 0 Å². The van der Waals surface area contributed by atoms with Crippen molar-refractivity contribution in [3.05, 3.63) is 47.0 Å². The van der Waals surface area contributed by atoms with Crippen LogP contribution in [0.4, 0.5) is 5.69 Å². The molecule has 0 unspecified atom stereocenters. The Hall–Kier alpha value is -2.09. The molecule has 3 aromatic rings. The fourth-order valence-electron chi connectivity index (χ4n) is 3.69. The number of hydrogen-bond donors (Lipinski definition) is 1. The molecular formula is C21H25ClN4O2S. The van der Waals surface area contributed by atoms with Crippen LogP contribution in [0.1, 0.15) is 25.3 Å². The smallest absolute Gasteiger partial charge is 0.223 e. The van der Waals surface area contributed by atoms with E-state index in [9.17, 15) is 8.42 Å². The number of anilines is 1. The SMILES string of the molecule is CC(C)c1ccc(S(=O)(=O)c2[nH]nc3c(N4CCN(C)CC4)cc(Cl)cc23)cc1. The second kappa shape index (κ2) is 7.63. The minimum absolute atomic E-state index is 0.0858. The van der Waals surface area contributed by atoms with Crippen molar-refractivity contribution in [1.29, 1.82) is 0 Å². The number of rotatable bonds is 4. The van der Waals surface area contributed by atoms with E-state index < -0.39 is 9.84 Å². The zero-order chi connectivity index (χ0) is 20.8. The standard InChI is InChI=1S/C21H25ClN4O2S/c1-14(2)15-4-6-17(7-5-15)29(27,28)21-18-12-16(22)13-19(20(18)23-24-21)26-10-8-25(3)9-11-26/h4-7,12-14H,8-11H2,1-3H3,(H,23,24). The lowest BCUT2D eigenvalue weighted by Gasteiger charge is -2.34. The average molecular weight is 433 g/mol. The van der Waals surface area contributed by atoms with E-state index in [1.54, 1.807) is 18.2 Å². The van der Waals surface area contributed by atoms with Gasteiger partial charge in [0.2, 0.25) is 9.84 Å². The lowest BCUT2D eigenvalue weighted by molar-refractivity contribution is 0.313. The van der Waals surface area contributed by atoms with E-state index in [4.69, 9.17) is 11.6 Å². The zero-order valence-corrected chi connectivity index (χ0v) is 18.4. The Labute approximate surface area is 176 Å². The van der Waals surface area contributed by atoms with Crippen LogP contribution in [0, 0.1) is 0 Å². The molecule has 0 aliphatic carbocycles. The molecule has 4 rings (SSSR count). The van der Waals surface area contributed by atoms with E-state index in [0.717, 1.165) is 37.4 Å². The summed E-state index contributed by atoms with van der Waals surface area (Å²) in [6.45, 7) is 7.72. The number of nitrogens with zero attached hydrogens (tertiary/aromatic N) is 3. The molecule has 29 heavy (non-hydrogen) atoms. The summed E-state index contributed by atoms with van der Waals surface area (Å²) in [6.07, 6.45) is 0. The summed E-state index contributed by atoms with van der Waals surface area (Å²) in [6, 6.07) is 10.6. The maximum atomic E-state index is 13.3. The third-order valence-electron chi connectivity index (χ3n) is 5.54. The Balaban J connectivity index is 1.78. The number of likely N-dealkylation sites (N-methyl/N-ethyl adjacent to an activating group) is 1. The van der Waals surface area contributed by atoms with E-state index in [-0.39, 0.29) is 9.92 Å². The Morgan fingerprint density at radius 2 is 1.72 bits per heavy atom. The minimum atomic E-state index is -3.74. The summed E-state index contributed by atoms with van der Waals surface area (Å²) in [5.41, 5.74) is 2.60. The fraction of sp³-hybridized carbons (Fsp3) is 0.381. The van der Waals surface area contributed by atoms with Gasteiger partial charge < -0.3 is 9.80 Å². The third-order valence-corrected chi connectivity index (χ3v) is 7.50. The molecular weight excluding hydrogens is 408 g/mol. The fourth-order valence-corrected chi connectivity index (χ4v) is 5.24. The highest BCUT2D eigenvalue weighted by Gasteiger charge is 2.26. The number of fused-ring (bicyclic) bond motifs is 1. The highest BCUT2D eigenvalue weighted by atomic mass is 35.5. The van der Waals surface area contributed by atoms with Gasteiger partial charge in [-0.3, -0.25) is 5.10 Å². The Morgan fingerprint density at radius 3 is 2.34 bits per heavy atom. The first-order valence-corrected chi connectivity index (χ1v) is 11.6.